The van der Waals surface area contributed by atoms with Crippen LogP contribution in [0.5, 0.6) is 0 Å². The van der Waals surface area contributed by atoms with E-state index in [9.17, 15) is 0 Å². The lowest BCUT2D eigenvalue weighted by molar-refractivity contribution is 0.412. The maximum atomic E-state index is 6.41. The second kappa shape index (κ2) is 5.89. The predicted octanol–water partition coefficient (Wildman–Crippen LogP) is 6.63. The zero-order chi connectivity index (χ0) is 20.5. The summed E-state index contributed by atoms with van der Waals surface area (Å²) in [6, 6.07) is 16.1. The van der Waals surface area contributed by atoms with E-state index in [0.717, 1.165) is 55.2 Å². The van der Waals surface area contributed by atoms with Gasteiger partial charge < -0.3 is 8.83 Å². The Balaban J connectivity index is 1.69. The van der Waals surface area contributed by atoms with Crippen molar-refractivity contribution in [2.24, 2.45) is 0 Å². The fourth-order valence-electron chi connectivity index (χ4n) is 3.94. The number of furan rings is 1. The molecule has 0 saturated carbocycles. The van der Waals surface area contributed by atoms with Gasteiger partial charge in [0.25, 0.3) is 0 Å². The van der Waals surface area contributed by atoms with Gasteiger partial charge in [-0.1, -0.05) is 39.0 Å². The van der Waals surface area contributed by atoms with Crippen molar-refractivity contribution in [2.45, 2.75) is 26.2 Å². The van der Waals surface area contributed by atoms with Crippen molar-refractivity contribution in [2.75, 3.05) is 0 Å². The molecule has 0 aliphatic heterocycles. The van der Waals surface area contributed by atoms with Crippen LogP contribution < -0.4 is 0 Å². The van der Waals surface area contributed by atoms with Gasteiger partial charge in [0, 0.05) is 33.3 Å². The summed E-state index contributed by atoms with van der Waals surface area (Å²) in [7, 11) is 0. The van der Waals surface area contributed by atoms with Crippen molar-refractivity contribution < 1.29 is 8.83 Å². The Labute approximate surface area is 172 Å². The number of oxazole rings is 1. The highest BCUT2D eigenvalue weighted by atomic mass is 16.4. The third-order valence-corrected chi connectivity index (χ3v) is 5.44. The van der Waals surface area contributed by atoms with Crippen LogP contribution in [0.1, 0.15) is 26.7 Å². The zero-order valence-corrected chi connectivity index (χ0v) is 16.9. The maximum absolute atomic E-state index is 6.41. The minimum absolute atomic E-state index is 0.174. The molecule has 5 heteroatoms. The third kappa shape index (κ3) is 2.38. The van der Waals surface area contributed by atoms with E-state index in [4.69, 9.17) is 13.8 Å². The van der Waals surface area contributed by atoms with Crippen molar-refractivity contribution in [3.63, 3.8) is 0 Å². The van der Waals surface area contributed by atoms with Crippen LogP contribution in [0.25, 0.3) is 55.2 Å². The normalized spacial score (nSPS) is 12.5. The second-order valence-electron chi connectivity index (χ2n) is 8.58. The van der Waals surface area contributed by atoms with Gasteiger partial charge in [0.1, 0.15) is 16.6 Å². The molecule has 30 heavy (non-hydrogen) atoms. The van der Waals surface area contributed by atoms with Gasteiger partial charge in [0.15, 0.2) is 11.2 Å². The molecule has 5 nitrogen and oxygen atoms in total. The number of rotatable bonds is 1. The predicted molar refractivity (Wildman–Crippen MR) is 119 cm³/mol. The Kier molecular flexibility index (Phi) is 3.37. The topological polar surface area (TPSA) is 65.0 Å². The van der Waals surface area contributed by atoms with E-state index in [1.807, 2.05) is 36.4 Å². The summed E-state index contributed by atoms with van der Waals surface area (Å²) in [6.07, 6.45) is 3.56. The number of pyridine rings is 2. The average Bonchev–Trinajstić information content (AvgIpc) is 3.36. The Bertz CT molecular complexity index is 1570. The first-order chi connectivity index (χ1) is 14.5. The summed E-state index contributed by atoms with van der Waals surface area (Å²) in [6.45, 7) is 6.26. The van der Waals surface area contributed by atoms with Crippen LogP contribution in [0.15, 0.2) is 69.8 Å². The fraction of sp³-hybridized carbons (Fsp3) is 0.160. The summed E-state index contributed by atoms with van der Waals surface area (Å²) >= 11 is 0. The van der Waals surface area contributed by atoms with Gasteiger partial charge in [0.2, 0.25) is 5.89 Å². The van der Waals surface area contributed by atoms with E-state index >= 15 is 0 Å². The summed E-state index contributed by atoms with van der Waals surface area (Å²) in [5.41, 5.74) is 5.52. The van der Waals surface area contributed by atoms with Crippen LogP contribution in [-0.2, 0) is 5.41 Å². The number of fused-ring (bicyclic) bond motifs is 7. The van der Waals surface area contributed by atoms with E-state index < -0.39 is 0 Å². The number of benzene rings is 2. The van der Waals surface area contributed by atoms with E-state index in [0.29, 0.717) is 5.89 Å². The lowest BCUT2D eigenvalue weighted by atomic mass is 9.97. The van der Waals surface area contributed by atoms with E-state index in [-0.39, 0.29) is 5.41 Å². The molecule has 0 radical (unpaired) electrons. The average molecular weight is 393 g/mol. The molecule has 0 spiro atoms. The maximum Gasteiger partial charge on any atom is 0.200 e. The van der Waals surface area contributed by atoms with Gasteiger partial charge in [-0.05, 0) is 30.3 Å². The van der Waals surface area contributed by atoms with Gasteiger partial charge in [-0.25, -0.2) is 9.97 Å². The molecule has 0 bridgehead atoms. The molecule has 6 aromatic rings. The van der Waals surface area contributed by atoms with E-state index in [2.05, 4.69) is 42.9 Å². The SMILES string of the molecule is CC(C)(C)c1nc2cnc3c(ccc4c5cccc(-c6ccccn6)c5oc43)c2o1. The molecule has 0 amide bonds. The minimum atomic E-state index is -0.174. The molecule has 0 fully saturated rings. The molecule has 0 aliphatic carbocycles. The van der Waals surface area contributed by atoms with Gasteiger partial charge in [-0.2, -0.15) is 0 Å². The largest absolute Gasteiger partial charge is 0.453 e. The summed E-state index contributed by atoms with van der Waals surface area (Å²) < 4.78 is 12.6. The molecule has 4 heterocycles. The highest BCUT2D eigenvalue weighted by Gasteiger charge is 2.23. The smallest absolute Gasteiger partial charge is 0.200 e. The Morgan fingerprint density at radius 1 is 0.733 bits per heavy atom. The first kappa shape index (κ1) is 17.2. The molecule has 6 rings (SSSR count). The van der Waals surface area contributed by atoms with Crippen LogP contribution >= 0.6 is 0 Å². The molecule has 4 aromatic heterocycles. The molecule has 2 aromatic carbocycles. The highest BCUT2D eigenvalue weighted by molar-refractivity contribution is 6.19. The molecule has 0 aliphatic rings. The van der Waals surface area contributed by atoms with Crippen LogP contribution in [0.4, 0.5) is 0 Å². The zero-order valence-electron chi connectivity index (χ0n) is 16.9. The quantitative estimate of drug-likeness (QED) is 0.313. The highest BCUT2D eigenvalue weighted by Crippen LogP contribution is 2.39. The fourth-order valence-corrected chi connectivity index (χ4v) is 3.94. The van der Waals surface area contributed by atoms with Crippen LogP contribution in [0.2, 0.25) is 0 Å². The summed E-state index contributed by atoms with van der Waals surface area (Å²) in [5.74, 6) is 0.703. The summed E-state index contributed by atoms with van der Waals surface area (Å²) in [4.78, 5) is 13.8. The van der Waals surface area contributed by atoms with Crippen LogP contribution in [0.3, 0.4) is 0 Å². The lowest BCUT2D eigenvalue weighted by Gasteiger charge is -2.11. The van der Waals surface area contributed by atoms with Gasteiger partial charge in [0.05, 0.1) is 11.9 Å². The standard InChI is InChI=1S/C25H19N3O2/c1-25(2,3)24-28-19-13-27-20-17(22(19)30-24)11-10-15-14-7-6-8-16(21(14)29-23(15)20)18-9-4-5-12-26-18/h4-13H,1-3H3. The third-order valence-electron chi connectivity index (χ3n) is 5.44. The van der Waals surface area contributed by atoms with Gasteiger partial charge in [-0.3, -0.25) is 4.98 Å². The molecule has 0 atom stereocenters. The lowest BCUT2D eigenvalue weighted by Crippen LogP contribution is -2.10. The number of hydrogen-bond acceptors (Lipinski definition) is 5. The Hall–Kier alpha value is -3.73. The van der Waals surface area contributed by atoms with Gasteiger partial charge in [-0.15, -0.1) is 0 Å². The van der Waals surface area contributed by atoms with Crippen molar-refractivity contribution in [1.82, 2.24) is 15.0 Å². The molecule has 0 N–H and O–H groups in total. The number of hydrogen-bond donors (Lipinski definition) is 0. The molecule has 146 valence electrons. The van der Waals surface area contributed by atoms with E-state index in [1.165, 1.54) is 0 Å². The Morgan fingerprint density at radius 2 is 1.57 bits per heavy atom. The van der Waals surface area contributed by atoms with Crippen LogP contribution in [0, 0.1) is 0 Å². The first-order valence-corrected chi connectivity index (χ1v) is 9.96. The molecule has 0 unspecified atom stereocenters. The first-order valence-electron chi connectivity index (χ1n) is 9.96. The van der Waals surface area contributed by atoms with Crippen molar-refractivity contribution >= 4 is 43.9 Å². The van der Waals surface area contributed by atoms with Crippen molar-refractivity contribution in [3.05, 3.63) is 66.8 Å². The summed E-state index contributed by atoms with van der Waals surface area (Å²) in [5, 5.41) is 2.98. The number of aromatic nitrogens is 3. The van der Waals surface area contributed by atoms with Crippen molar-refractivity contribution in [3.8, 4) is 11.3 Å². The Morgan fingerprint density at radius 3 is 2.37 bits per heavy atom. The molecular formula is C25H19N3O2. The van der Waals surface area contributed by atoms with E-state index in [1.54, 1.807) is 12.4 Å². The molecular weight excluding hydrogens is 374 g/mol. The number of para-hydroxylation sites is 1. The monoisotopic (exact) mass is 393 g/mol. The number of nitrogens with zero attached hydrogens (tertiary/aromatic N) is 3. The van der Waals surface area contributed by atoms with Gasteiger partial charge >= 0.3 is 0 Å². The minimum Gasteiger partial charge on any atom is -0.453 e. The van der Waals surface area contributed by atoms with Crippen LogP contribution in [-0.4, -0.2) is 15.0 Å². The second-order valence-corrected chi connectivity index (χ2v) is 8.58. The van der Waals surface area contributed by atoms with Crippen molar-refractivity contribution in [1.29, 1.82) is 0 Å². The molecule has 0 saturated heterocycles.